The summed E-state index contributed by atoms with van der Waals surface area (Å²) in [5.41, 5.74) is 0.703. The second-order valence-corrected chi connectivity index (χ2v) is 7.14. The van der Waals surface area contributed by atoms with Crippen LogP contribution in [0.2, 0.25) is 0 Å². The molecule has 1 amide bonds. The topological polar surface area (TPSA) is 38.8 Å². The van der Waals surface area contributed by atoms with Gasteiger partial charge in [-0.25, -0.2) is 0 Å². The zero-order valence-electron chi connectivity index (χ0n) is 14.4. The molecule has 4 heteroatoms. The largest absolute Gasteiger partial charge is 0.486 e. The van der Waals surface area contributed by atoms with Gasteiger partial charge in [0.15, 0.2) is 11.5 Å². The van der Waals surface area contributed by atoms with Gasteiger partial charge in [-0.1, -0.05) is 20.8 Å². The Bertz CT molecular complexity index is 570. The first kappa shape index (κ1) is 16.2. The molecule has 1 aromatic carbocycles. The highest BCUT2D eigenvalue weighted by Gasteiger charge is 2.30. The third kappa shape index (κ3) is 3.46. The average molecular weight is 317 g/mol. The minimum Gasteiger partial charge on any atom is -0.486 e. The molecule has 2 unspecified atom stereocenters. The van der Waals surface area contributed by atoms with Gasteiger partial charge in [0, 0.05) is 18.2 Å². The molecule has 1 aromatic rings. The molecule has 3 rings (SSSR count). The van der Waals surface area contributed by atoms with E-state index in [-0.39, 0.29) is 5.91 Å². The minimum atomic E-state index is 0.120. The van der Waals surface area contributed by atoms with E-state index in [9.17, 15) is 4.79 Å². The van der Waals surface area contributed by atoms with Gasteiger partial charge in [-0.3, -0.25) is 4.79 Å². The van der Waals surface area contributed by atoms with Gasteiger partial charge in [0.1, 0.15) is 13.2 Å². The van der Waals surface area contributed by atoms with Crippen molar-refractivity contribution in [1.82, 2.24) is 4.90 Å². The molecule has 0 saturated carbocycles. The van der Waals surface area contributed by atoms with Gasteiger partial charge in [-0.15, -0.1) is 0 Å². The van der Waals surface area contributed by atoms with Crippen LogP contribution in [0.1, 0.15) is 50.4 Å². The third-order valence-corrected chi connectivity index (χ3v) is 5.04. The number of rotatable bonds is 2. The molecule has 2 heterocycles. The van der Waals surface area contributed by atoms with Gasteiger partial charge >= 0.3 is 0 Å². The van der Waals surface area contributed by atoms with Crippen molar-refractivity contribution < 1.29 is 14.3 Å². The number of carbonyl (C=O) groups excluding carboxylic acids is 1. The van der Waals surface area contributed by atoms with Crippen molar-refractivity contribution in [2.45, 2.75) is 46.1 Å². The van der Waals surface area contributed by atoms with Gasteiger partial charge < -0.3 is 14.4 Å². The Kier molecular flexibility index (Phi) is 4.79. The third-order valence-electron chi connectivity index (χ3n) is 5.04. The summed E-state index contributed by atoms with van der Waals surface area (Å²) in [5, 5.41) is 0. The van der Waals surface area contributed by atoms with E-state index < -0.39 is 0 Å². The maximum absolute atomic E-state index is 13.1. The second kappa shape index (κ2) is 6.81. The standard InChI is InChI=1S/C19H27NO3/c1-13(2)16-6-4-14(3)8-9-20(16)19(21)15-5-7-17-18(12-15)23-11-10-22-17/h5,7,12-14,16H,4,6,8-11H2,1-3H3. The lowest BCUT2D eigenvalue weighted by Gasteiger charge is -2.33. The number of carbonyl (C=O) groups is 1. The first-order chi connectivity index (χ1) is 11.1. The monoisotopic (exact) mass is 317 g/mol. The SMILES string of the molecule is CC1CCC(C(C)C)N(C(=O)c2ccc3c(c2)OCCO3)CC1. The lowest BCUT2D eigenvalue weighted by Crippen LogP contribution is -2.43. The van der Waals surface area contributed by atoms with Crippen molar-refractivity contribution in [3.8, 4) is 11.5 Å². The lowest BCUT2D eigenvalue weighted by molar-refractivity contribution is 0.0630. The minimum absolute atomic E-state index is 0.120. The first-order valence-electron chi connectivity index (χ1n) is 8.77. The Hall–Kier alpha value is -1.71. The average Bonchev–Trinajstić information content (AvgIpc) is 2.75. The fraction of sp³-hybridized carbons (Fsp3) is 0.632. The highest BCUT2D eigenvalue weighted by Crippen LogP contribution is 2.32. The zero-order chi connectivity index (χ0) is 16.4. The molecule has 126 valence electrons. The fourth-order valence-electron chi connectivity index (χ4n) is 3.57. The summed E-state index contributed by atoms with van der Waals surface area (Å²) in [6.45, 7) is 8.67. The molecule has 0 aromatic heterocycles. The van der Waals surface area contributed by atoms with Crippen LogP contribution in [0.5, 0.6) is 11.5 Å². The van der Waals surface area contributed by atoms with Gasteiger partial charge in [0.25, 0.3) is 5.91 Å². The molecule has 0 aliphatic carbocycles. The van der Waals surface area contributed by atoms with Crippen molar-refractivity contribution in [2.24, 2.45) is 11.8 Å². The Morgan fingerprint density at radius 3 is 2.61 bits per heavy atom. The van der Waals surface area contributed by atoms with Crippen LogP contribution in [0, 0.1) is 11.8 Å². The van der Waals surface area contributed by atoms with Crippen LogP contribution in [0.25, 0.3) is 0 Å². The van der Waals surface area contributed by atoms with Crippen LogP contribution < -0.4 is 9.47 Å². The molecule has 2 aliphatic rings. The molecule has 0 bridgehead atoms. The molecule has 0 spiro atoms. The highest BCUT2D eigenvalue weighted by molar-refractivity contribution is 5.95. The van der Waals surface area contributed by atoms with Crippen molar-refractivity contribution in [2.75, 3.05) is 19.8 Å². The maximum Gasteiger partial charge on any atom is 0.254 e. The van der Waals surface area contributed by atoms with Crippen LogP contribution in [0.15, 0.2) is 18.2 Å². The van der Waals surface area contributed by atoms with Gasteiger partial charge in [0.05, 0.1) is 0 Å². The quantitative estimate of drug-likeness (QED) is 0.834. The summed E-state index contributed by atoms with van der Waals surface area (Å²) in [7, 11) is 0. The highest BCUT2D eigenvalue weighted by atomic mass is 16.6. The molecule has 0 radical (unpaired) electrons. The van der Waals surface area contributed by atoms with Gasteiger partial charge in [-0.05, 0) is 49.3 Å². The van der Waals surface area contributed by atoms with E-state index in [0.29, 0.717) is 42.4 Å². The van der Waals surface area contributed by atoms with E-state index in [4.69, 9.17) is 9.47 Å². The van der Waals surface area contributed by atoms with Crippen LogP contribution in [0.3, 0.4) is 0 Å². The summed E-state index contributed by atoms with van der Waals surface area (Å²) in [6.07, 6.45) is 3.38. The molecule has 2 aliphatic heterocycles. The summed E-state index contributed by atoms with van der Waals surface area (Å²) in [6, 6.07) is 5.87. The Labute approximate surface area is 138 Å². The smallest absolute Gasteiger partial charge is 0.254 e. The van der Waals surface area contributed by atoms with Crippen molar-refractivity contribution in [1.29, 1.82) is 0 Å². The van der Waals surface area contributed by atoms with Crippen LogP contribution in [0.4, 0.5) is 0 Å². The van der Waals surface area contributed by atoms with Crippen molar-refractivity contribution in [3.05, 3.63) is 23.8 Å². The van der Waals surface area contributed by atoms with E-state index >= 15 is 0 Å². The molecular formula is C19H27NO3. The van der Waals surface area contributed by atoms with Gasteiger partial charge in [-0.2, -0.15) is 0 Å². The summed E-state index contributed by atoms with van der Waals surface area (Å²) in [4.78, 5) is 15.2. The summed E-state index contributed by atoms with van der Waals surface area (Å²) in [5.74, 6) is 2.70. The lowest BCUT2D eigenvalue weighted by atomic mass is 9.95. The van der Waals surface area contributed by atoms with E-state index in [1.807, 2.05) is 18.2 Å². The van der Waals surface area contributed by atoms with Crippen LogP contribution >= 0.6 is 0 Å². The molecular weight excluding hydrogens is 290 g/mol. The van der Waals surface area contributed by atoms with E-state index in [0.717, 1.165) is 25.1 Å². The summed E-state index contributed by atoms with van der Waals surface area (Å²) < 4.78 is 11.2. The van der Waals surface area contributed by atoms with Crippen LogP contribution in [-0.4, -0.2) is 36.6 Å². The normalized spacial score (nSPS) is 24.4. The van der Waals surface area contributed by atoms with E-state index in [2.05, 4.69) is 25.7 Å². The predicted molar refractivity (Wildman–Crippen MR) is 90.1 cm³/mol. The van der Waals surface area contributed by atoms with Gasteiger partial charge in [0.2, 0.25) is 0 Å². The Balaban J connectivity index is 1.84. The number of fused-ring (bicyclic) bond motifs is 1. The number of ether oxygens (including phenoxy) is 2. The number of hydrogen-bond donors (Lipinski definition) is 0. The molecule has 23 heavy (non-hydrogen) atoms. The van der Waals surface area contributed by atoms with Crippen molar-refractivity contribution >= 4 is 5.91 Å². The Morgan fingerprint density at radius 1 is 1.13 bits per heavy atom. The zero-order valence-corrected chi connectivity index (χ0v) is 14.4. The van der Waals surface area contributed by atoms with E-state index in [1.54, 1.807) is 0 Å². The second-order valence-electron chi connectivity index (χ2n) is 7.14. The first-order valence-corrected chi connectivity index (χ1v) is 8.77. The fourth-order valence-corrected chi connectivity index (χ4v) is 3.57. The number of hydrogen-bond acceptors (Lipinski definition) is 3. The number of nitrogens with zero attached hydrogens (tertiary/aromatic N) is 1. The molecule has 1 saturated heterocycles. The summed E-state index contributed by atoms with van der Waals surface area (Å²) >= 11 is 0. The van der Waals surface area contributed by atoms with E-state index in [1.165, 1.54) is 6.42 Å². The number of amides is 1. The number of benzene rings is 1. The van der Waals surface area contributed by atoms with Crippen LogP contribution in [-0.2, 0) is 0 Å². The maximum atomic E-state index is 13.1. The molecule has 2 atom stereocenters. The van der Waals surface area contributed by atoms with Crippen molar-refractivity contribution in [3.63, 3.8) is 0 Å². The molecule has 0 N–H and O–H groups in total. The number of likely N-dealkylation sites (tertiary alicyclic amines) is 1. The predicted octanol–water partition coefficient (Wildman–Crippen LogP) is 3.74. The Morgan fingerprint density at radius 2 is 1.87 bits per heavy atom. The molecule has 4 nitrogen and oxygen atoms in total. The molecule has 1 fully saturated rings.